The van der Waals surface area contributed by atoms with E-state index in [1.165, 1.54) is 4.90 Å². The van der Waals surface area contributed by atoms with Gasteiger partial charge < -0.3 is 26.6 Å². The van der Waals surface area contributed by atoms with Crippen LogP contribution in [0.1, 0.15) is 86.0 Å². The molecule has 1 aromatic rings. The van der Waals surface area contributed by atoms with E-state index in [2.05, 4.69) is 41.6 Å². The van der Waals surface area contributed by atoms with E-state index in [9.17, 15) is 24.6 Å². The number of aliphatic hydroxyl groups excluding tert-OH is 2. The number of aliphatic hydroxyl groups is 2. The highest BCUT2D eigenvalue weighted by Gasteiger charge is 2.70. The molecule has 1 aliphatic heterocycles. The number of rotatable bonds is 13. The maximum absolute atomic E-state index is 13.8. The van der Waals surface area contributed by atoms with Gasteiger partial charge in [-0.05, 0) is 66.4 Å². The van der Waals surface area contributed by atoms with Gasteiger partial charge in [0.1, 0.15) is 12.3 Å². The van der Waals surface area contributed by atoms with Gasteiger partial charge in [-0.15, -0.1) is 11.8 Å². The molecule has 10 nitrogen and oxygen atoms in total. The van der Waals surface area contributed by atoms with Crippen molar-refractivity contribution in [2.75, 3.05) is 12.3 Å². The minimum Gasteiger partial charge on any atom is -0.462 e. The van der Waals surface area contributed by atoms with Crippen LogP contribution in [0.3, 0.4) is 0 Å². The number of urea groups is 1. The second kappa shape index (κ2) is 13.5. The summed E-state index contributed by atoms with van der Waals surface area (Å²) in [7, 11) is 0. The first kappa shape index (κ1) is 34.7. The maximum atomic E-state index is 13.8. The van der Waals surface area contributed by atoms with Gasteiger partial charge in [0.25, 0.3) is 11.7 Å². The Balaban J connectivity index is 1.34. The Morgan fingerprint density at radius 2 is 1.76 bits per heavy atom. The number of nitrogens with two attached hydrogens (primary N) is 1. The van der Waals surface area contributed by atoms with Crippen LogP contribution in [0.2, 0.25) is 0 Å². The zero-order valence-corrected chi connectivity index (χ0v) is 28.9. The molecule has 7 N–H and O–H groups in total. The number of nitrogens with one attached hydrogen (secondary N) is 3. The number of hydrogen-bond donors (Lipinski definition) is 6. The Bertz CT molecular complexity index is 1300. The second-order valence-corrected chi connectivity index (χ2v) is 16.9. The summed E-state index contributed by atoms with van der Waals surface area (Å²) in [4.78, 5) is 44.3. The van der Waals surface area contributed by atoms with Crippen molar-refractivity contribution >= 4 is 35.4 Å². The molecule has 4 fully saturated rings. The Labute approximate surface area is 277 Å². The first-order valence-electron chi connectivity index (χ1n) is 17.0. The number of thioether (sulfide) groups is 1. The standard InChI is InChI=1S/C35H53N5O5S/c1-33(2,3)28(38-32(45)39-35(16-10-7-11-17-35)20-46-22-12-8-6-9-13-22)31(44)40-19-23-25(34(23,4)5)26(40)30(43)37-24(18-21-14-15-21)27(41)29(36)42/h6,8-9,12-13,21,23-26,28,31,44H,7,10-11,14-20H2,1-5H3,(H2,36,42)(H,37,43)(H2,38,39,45)/p+1/t23?,24?,25?,26?,28-,31?/m1/s1. The van der Waals surface area contributed by atoms with Gasteiger partial charge in [-0.1, -0.05) is 72.1 Å². The van der Waals surface area contributed by atoms with Crippen LogP contribution in [-0.2, 0) is 9.59 Å². The molecule has 1 aromatic carbocycles. The smallest absolute Gasteiger partial charge is 0.351 e. The van der Waals surface area contributed by atoms with E-state index in [-0.39, 0.29) is 34.7 Å². The fourth-order valence-corrected chi connectivity index (χ4v) is 9.04. The van der Waals surface area contributed by atoms with Crippen LogP contribution >= 0.6 is 11.8 Å². The summed E-state index contributed by atoms with van der Waals surface area (Å²) < 4.78 is 0. The highest BCUT2D eigenvalue weighted by atomic mass is 32.2. The number of amides is 3. The average Bonchev–Trinajstić information content (AvgIpc) is 3.85. The number of piperidine rings is 1. The third kappa shape index (κ3) is 7.73. The van der Waals surface area contributed by atoms with E-state index in [1.54, 1.807) is 11.8 Å². The van der Waals surface area contributed by atoms with Gasteiger partial charge in [0.15, 0.2) is 0 Å². The molecule has 6 atom stereocenters. The molecule has 0 spiro atoms. The van der Waals surface area contributed by atoms with E-state index in [0.717, 1.165) is 50.7 Å². The zero-order chi connectivity index (χ0) is 33.4. The molecule has 1 heterocycles. The molecule has 0 aromatic heterocycles. The molecule has 3 amide bonds. The number of fused-ring (bicyclic) bond motifs is 1. The number of Topliss-reactive ketones (excluding diaryl/α,β-unsaturated/α-hetero) is 1. The summed E-state index contributed by atoms with van der Waals surface area (Å²) in [5.74, 6) is -0.568. The molecule has 46 heavy (non-hydrogen) atoms. The van der Waals surface area contributed by atoms with Crippen molar-refractivity contribution in [2.45, 2.75) is 121 Å². The predicted octanol–water partition coefficient (Wildman–Crippen LogP) is 2.73. The van der Waals surface area contributed by atoms with Gasteiger partial charge in [-0.25, -0.2) is 9.79 Å². The first-order chi connectivity index (χ1) is 21.6. The number of hydrogen-bond acceptors (Lipinski definition) is 6. The summed E-state index contributed by atoms with van der Waals surface area (Å²) in [6, 6.07) is 7.74. The van der Waals surface area contributed by atoms with E-state index in [1.807, 2.05) is 43.9 Å². The molecule has 0 bridgehead atoms. The topological polar surface area (TPSA) is 159 Å². The van der Waals surface area contributed by atoms with Gasteiger partial charge in [0, 0.05) is 23.6 Å². The molecule has 3 aliphatic carbocycles. The minimum absolute atomic E-state index is 0.0369. The van der Waals surface area contributed by atoms with Crippen LogP contribution in [0.4, 0.5) is 4.79 Å². The molecular weight excluding hydrogens is 602 g/mol. The Morgan fingerprint density at radius 1 is 1.11 bits per heavy atom. The zero-order valence-electron chi connectivity index (χ0n) is 28.1. The Hall–Kier alpha value is -2.63. The SMILES string of the molecule is CC1(C)C2CN(C(O)[C@@H](NC(=O)NC3(CSc4ccccc4)CCCCC3)C(C)(C)C)C(C(O)=[NH+]C(CC3CC3)C(=O)C(N)=O)C21. The number of carbonyl (C=O) groups is 3. The number of primary amides is 1. The molecule has 5 rings (SSSR count). The molecule has 3 saturated carbocycles. The van der Waals surface area contributed by atoms with Crippen molar-refractivity contribution in [2.24, 2.45) is 34.3 Å². The predicted molar refractivity (Wildman–Crippen MR) is 179 cm³/mol. The maximum Gasteiger partial charge on any atom is 0.351 e. The highest BCUT2D eigenvalue weighted by molar-refractivity contribution is 7.99. The summed E-state index contributed by atoms with van der Waals surface area (Å²) in [6.45, 7) is 10.8. The van der Waals surface area contributed by atoms with E-state index in [4.69, 9.17) is 5.73 Å². The van der Waals surface area contributed by atoms with E-state index in [0.29, 0.717) is 18.9 Å². The van der Waals surface area contributed by atoms with Crippen LogP contribution in [0.5, 0.6) is 0 Å². The molecule has 11 heteroatoms. The lowest BCUT2D eigenvalue weighted by molar-refractivity contribution is -0.499. The van der Waals surface area contributed by atoms with Gasteiger partial charge >= 0.3 is 11.9 Å². The molecular formula is C35H54N5O5S+. The summed E-state index contributed by atoms with van der Waals surface area (Å²) >= 11 is 1.75. The average molecular weight is 657 g/mol. The molecule has 5 unspecified atom stereocenters. The van der Waals surface area contributed by atoms with Gasteiger partial charge in [-0.2, -0.15) is 0 Å². The number of benzene rings is 1. The van der Waals surface area contributed by atoms with Crippen molar-refractivity contribution in [1.82, 2.24) is 15.5 Å². The summed E-state index contributed by atoms with van der Waals surface area (Å²) in [6.07, 6.45) is 6.32. The molecule has 1 saturated heterocycles. The molecule has 0 radical (unpaired) electrons. The van der Waals surface area contributed by atoms with Gasteiger partial charge in [-0.3, -0.25) is 14.5 Å². The number of nitrogens with zero attached hydrogens (tertiary/aromatic N) is 1. The summed E-state index contributed by atoms with van der Waals surface area (Å²) in [5, 5.41) is 30.0. The van der Waals surface area contributed by atoms with Gasteiger partial charge in [0.05, 0.1) is 11.6 Å². The first-order valence-corrected chi connectivity index (χ1v) is 18.0. The fraction of sp³-hybridized carbons (Fsp3) is 0.714. The fourth-order valence-electron chi connectivity index (χ4n) is 7.88. The minimum atomic E-state index is -1.11. The van der Waals surface area contributed by atoms with Crippen molar-refractivity contribution in [3.63, 3.8) is 0 Å². The molecule has 4 aliphatic rings. The van der Waals surface area contributed by atoms with Crippen LogP contribution in [0.25, 0.3) is 0 Å². The highest BCUT2D eigenvalue weighted by Crippen LogP contribution is 2.65. The van der Waals surface area contributed by atoms with Crippen LogP contribution < -0.4 is 21.4 Å². The largest absolute Gasteiger partial charge is 0.462 e. The third-order valence-corrected chi connectivity index (χ3v) is 12.3. The Kier molecular flexibility index (Phi) is 10.2. The van der Waals surface area contributed by atoms with Crippen LogP contribution in [0.15, 0.2) is 35.2 Å². The lowest BCUT2D eigenvalue weighted by atomic mass is 9.83. The van der Waals surface area contributed by atoms with Crippen molar-refractivity contribution in [3.05, 3.63) is 30.3 Å². The van der Waals surface area contributed by atoms with Crippen molar-refractivity contribution in [3.8, 4) is 0 Å². The van der Waals surface area contributed by atoms with Crippen LogP contribution in [-0.4, -0.2) is 80.9 Å². The summed E-state index contributed by atoms with van der Waals surface area (Å²) in [5.41, 5.74) is 4.41. The molecule has 254 valence electrons. The normalized spacial score (nSPS) is 27.6. The van der Waals surface area contributed by atoms with Crippen molar-refractivity contribution in [1.29, 1.82) is 0 Å². The lowest BCUT2D eigenvalue weighted by Gasteiger charge is -2.43. The quantitative estimate of drug-likeness (QED) is 0.0825. The third-order valence-electron chi connectivity index (χ3n) is 11.0. The van der Waals surface area contributed by atoms with E-state index >= 15 is 0 Å². The number of carbonyl (C=O) groups excluding carboxylic acids is 3. The Morgan fingerprint density at radius 3 is 2.35 bits per heavy atom. The van der Waals surface area contributed by atoms with Crippen LogP contribution in [0, 0.1) is 28.6 Å². The lowest BCUT2D eigenvalue weighted by Crippen LogP contribution is -2.85. The monoisotopic (exact) mass is 656 g/mol. The number of ketones is 1. The van der Waals surface area contributed by atoms with Gasteiger partial charge in [0.2, 0.25) is 6.04 Å². The number of likely N-dealkylation sites (tertiary alicyclic amines) is 1. The second-order valence-electron chi connectivity index (χ2n) is 15.9. The van der Waals surface area contributed by atoms with E-state index < -0.39 is 41.5 Å². The van der Waals surface area contributed by atoms with Crippen molar-refractivity contribution < 1.29 is 29.6 Å².